The normalized spacial score (nSPS) is 14.8. The minimum absolute atomic E-state index is 0.142. The highest BCUT2D eigenvalue weighted by Gasteiger charge is 2.37. The van der Waals surface area contributed by atoms with Crippen LogP contribution in [0.15, 0.2) is 48.7 Å². The van der Waals surface area contributed by atoms with Crippen LogP contribution >= 0.6 is 0 Å². The molecule has 0 bridgehead atoms. The number of carbonyl (C=O) groups is 3. The Morgan fingerprint density at radius 2 is 1.84 bits per heavy atom. The smallest absolute Gasteiger partial charge is 0.430 e. The van der Waals surface area contributed by atoms with E-state index >= 15 is 0 Å². The van der Waals surface area contributed by atoms with Crippen LogP contribution in [-0.4, -0.2) is 59.4 Å². The molecular formula is C24H25F3N4O6. The highest BCUT2D eigenvalue weighted by molar-refractivity contribution is 5.93. The van der Waals surface area contributed by atoms with Gasteiger partial charge in [-0.3, -0.25) is 9.59 Å². The molecule has 3 heterocycles. The molecule has 1 aromatic carbocycles. The third kappa shape index (κ3) is 6.83. The van der Waals surface area contributed by atoms with E-state index in [1.807, 2.05) is 48.7 Å². The highest BCUT2D eigenvalue weighted by atomic mass is 19.4. The summed E-state index contributed by atoms with van der Waals surface area (Å²) in [5.41, 5.74) is 2.42. The first-order valence-electron chi connectivity index (χ1n) is 11.2. The minimum atomic E-state index is -5.19. The van der Waals surface area contributed by atoms with E-state index in [1.165, 1.54) is 6.92 Å². The van der Waals surface area contributed by atoms with Gasteiger partial charge in [-0.15, -0.1) is 0 Å². The fourth-order valence-corrected chi connectivity index (χ4v) is 3.81. The number of aromatic amines is 1. The molecule has 0 aliphatic carbocycles. The fraction of sp³-hybridized carbons (Fsp3) is 0.333. The van der Waals surface area contributed by atoms with E-state index in [0.717, 1.165) is 16.8 Å². The molecule has 10 nitrogen and oxygen atoms in total. The summed E-state index contributed by atoms with van der Waals surface area (Å²) in [6.45, 7) is 2.32. The molecule has 4 N–H and O–H groups in total. The summed E-state index contributed by atoms with van der Waals surface area (Å²) in [6, 6.07) is 13.1. The summed E-state index contributed by atoms with van der Waals surface area (Å²) in [4.78, 5) is 36.6. The number of rotatable bonds is 5. The van der Waals surface area contributed by atoms with E-state index < -0.39 is 17.7 Å². The summed E-state index contributed by atoms with van der Waals surface area (Å²) >= 11 is 0. The number of amides is 2. The number of benzene rings is 1. The molecule has 0 atom stereocenters. The second kappa shape index (κ2) is 11.4. The number of hydrogen-bond donors (Lipinski definition) is 4. The molecule has 0 unspecified atom stereocenters. The van der Waals surface area contributed by atoms with Crippen LogP contribution in [0.1, 0.15) is 30.4 Å². The van der Waals surface area contributed by atoms with Gasteiger partial charge in [-0.1, -0.05) is 18.2 Å². The van der Waals surface area contributed by atoms with Crippen molar-refractivity contribution in [3.63, 3.8) is 0 Å². The third-order valence-electron chi connectivity index (χ3n) is 5.65. The van der Waals surface area contributed by atoms with Crippen LogP contribution in [-0.2, 0) is 14.3 Å². The lowest BCUT2D eigenvalue weighted by atomic mass is 9.91. The van der Waals surface area contributed by atoms with Gasteiger partial charge >= 0.3 is 17.9 Å². The van der Waals surface area contributed by atoms with Crippen LogP contribution in [0.2, 0.25) is 0 Å². The number of imidazole rings is 1. The number of nitrogens with zero attached hydrogens (tertiary/aromatic N) is 1. The maximum Gasteiger partial charge on any atom is 0.430 e. The number of pyridine rings is 1. The van der Waals surface area contributed by atoms with Crippen LogP contribution in [0.4, 0.5) is 18.9 Å². The number of aromatic nitrogens is 2. The van der Waals surface area contributed by atoms with Crippen molar-refractivity contribution in [1.29, 1.82) is 0 Å². The second-order valence-corrected chi connectivity index (χ2v) is 8.36. The zero-order valence-corrected chi connectivity index (χ0v) is 19.7. The summed E-state index contributed by atoms with van der Waals surface area (Å²) in [7, 11) is 0. The van der Waals surface area contributed by atoms with E-state index in [4.69, 9.17) is 14.6 Å². The van der Waals surface area contributed by atoms with Crippen molar-refractivity contribution < 1.29 is 46.9 Å². The third-order valence-corrected chi connectivity index (χ3v) is 5.65. The lowest BCUT2D eigenvalue weighted by molar-refractivity contribution is -0.514. The maximum atomic E-state index is 13.2. The molecule has 198 valence electrons. The van der Waals surface area contributed by atoms with Crippen LogP contribution in [0, 0.1) is 0 Å². The number of anilines is 1. The number of carboxylic acid groups (broad SMARTS) is 1. The highest BCUT2D eigenvalue weighted by Crippen LogP contribution is 2.25. The standard InChI is InChI=1S/C22H24N4O4.C2HF3O2/c1-15(28)23-17-6-4-5-16(13-17)19-18-7-2-3-10-26(18)20(24-19)21(29)25-22(14-27)8-11-30-12-9-22;3-2(4,5)1(6)7/h2-7,10,13,27H,8-9,11-12,14H2,1H3,(H2,23,25,28,29);(H,6,7). The van der Waals surface area contributed by atoms with Crippen molar-refractivity contribution in [1.82, 2.24) is 10.3 Å². The quantitative estimate of drug-likeness (QED) is 0.367. The topological polar surface area (TPSA) is 148 Å². The summed E-state index contributed by atoms with van der Waals surface area (Å²) in [5, 5.41) is 24.5. The van der Waals surface area contributed by atoms with Gasteiger partial charge < -0.3 is 30.4 Å². The van der Waals surface area contributed by atoms with E-state index in [2.05, 4.69) is 15.6 Å². The van der Waals surface area contributed by atoms with Crippen molar-refractivity contribution in [2.24, 2.45) is 0 Å². The Morgan fingerprint density at radius 3 is 2.43 bits per heavy atom. The average Bonchev–Trinajstić information content (AvgIpc) is 3.24. The Kier molecular flexibility index (Phi) is 8.50. The number of aliphatic hydroxyl groups is 1. The SMILES string of the molecule is CC(=O)Nc1cccc(-c2[nH]c(C(=O)NC3(CO)CCOCC3)[n+]3ccccc23)c1.O=C([O-])C(F)(F)F. The average molecular weight is 522 g/mol. The molecule has 37 heavy (non-hydrogen) atoms. The van der Waals surface area contributed by atoms with Crippen molar-refractivity contribution in [2.75, 3.05) is 25.1 Å². The number of fused-ring (bicyclic) bond motifs is 1. The number of aliphatic hydroxyl groups excluding tert-OH is 1. The Morgan fingerprint density at radius 1 is 1.16 bits per heavy atom. The van der Waals surface area contributed by atoms with Crippen molar-refractivity contribution in [2.45, 2.75) is 31.5 Å². The molecule has 4 rings (SSSR count). The fourth-order valence-electron chi connectivity index (χ4n) is 3.81. The zero-order chi connectivity index (χ0) is 27.2. The summed E-state index contributed by atoms with van der Waals surface area (Å²) < 4.78 is 38.7. The van der Waals surface area contributed by atoms with Crippen molar-refractivity contribution in [3.8, 4) is 11.3 Å². The van der Waals surface area contributed by atoms with Crippen LogP contribution in [0.5, 0.6) is 0 Å². The molecule has 0 radical (unpaired) electrons. The predicted molar refractivity (Wildman–Crippen MR) is 122 cm³/mol. The number of halogens is 3. The number of ether oxygens (including phenoxy) is 1. The van der Waals surface area contributed by atoms with Gasteiger partial charge in [0.25, 0.3) is 0 Å². The number of aliphatic carboxylic acids is 1. The second-order valence-electron chi connectivity index (χ2n) is 8.36. The molecule has 1 fully saturated rings. The molecule has 1 aliphatic heterocycles. The first-order chi connectivity index (χ1) is 17.5. The van der Waals surface area contributed by atoms with Gasteiger partial charge in [0.2, 0.25) is 5.91 Å². The largest absolute Gasteiger partial charge is 0.542 e. The lowest BCUT2D eigenvalue weighted by Gasteiger charge is -2.35. The van der Waals surface area contributed by atoms with Gasteiger partial charge in [0.1, 0.15) is 5.97 Å². The molecule has 0 spiro atoms. The van der Waals surface area contributed by atoms with Crippen LogP contribution in [0.3, 0.4) is 0 Å². The van der Waals surface area contributed by atoms with Gasteiger partial charge in [0, 0.05) is 31.4 Å². The molecule has 0 saturated carbocycles. The minimum Gasteiger partial charge on any atom is -0.542 e. The predicted octanol–water partition coefficient (Wildman–Crippen LogP) is 0.949. The Hall–Kier alpha value is -3.97. The van der Waals surface area contributed by atoms with Gasteiger partial charge in [-0.2, -0.15) is 17.6 Å². The summed E-state index contributed by atoms with van der Waals surface area (Å²) in [5.74, 6) is -3.09. The van der Waals surface area contributed by atoms with Crippen LogP contribution in [0.25, 0.3) is 16.8 Å². The molecule has 1 aliphatic rings. The zero-order valence-electron chi connectivity index (χ0n) is 19.7. The first kappa shape index (κ1) is 27.6. The van der Waals surface area contributed by atoms with E-state index in [-0.39, 0.29) is 18.4 Å². The molecule has 13 heteroatoms. The Bertz CT molecular complexity index is 1280. The molecule has 2 aromatic heterocycles. The number of nitrogens with one attached hydrogen (secondary N) is 3. The van der Waals surface area contributed by atoms with E-state index in [9.17, 15) is 27.9 Å². The molecule has 3 aromatic rings. The monoisotopic (exact) mass is 522 g/mol. The molecule has 2 amide bonds. The van der Waals surface area contributed by atoms with Crippen molar-refractivity contribution >= 4 is 29.0 Å². The van der Waals surface area contributed by atoms with Gasteiger partial charge in [-0.25, -0.2) is 4.98 Å². The lowest BCUT2D eigenvalue weighted by Crippen LogP contribution is -2.55. The van der Waals surface area contributed by atoms with E-state index in [0.29, 0.717) is 37.6 Å². The number of carboxylic acids is 1. The van der Waals surface area contributed by atoms with E-state index in [1.54, 1.807) is 4.40 Å². The maximum absolute atomic E-state index is 13.2. The Labute approximate surface area is 209 Å². The van der Waals surface area contributed by atoms with Gasteiger partial charge in [-0.05, 0) is 37.1 Å². The van der Waals surface area contributed by atoms with Crippen LogP contribution < -0.4 is 20.1 Å². The van der Waals surface area contributed by atoms with Gasteiger partial charge in [0.15, 0.2) is 11.2 Å². The summed E-state index contributed by atoms with van der Waals surface area (Å²) in [6.07, 6.45) is -2.26. The van der Waals surface area contributed by atoms with Gasteiger partial charge in [0.05, 0.1) is 18.3 Å². The first-order valence-corrected chi connectivity index (χ1v) is 11.2. The number of hydrogen-bond acceptors (Lipinski definition) is 6. The number of alkyl halides is 3. The number of carbonyl (C=O) groups excluding carboxylic acids is 3. The van der Waals surface area contributed by atoms with Crippen molar-refractivity contribution in [3.05, 3.63) is 54.5 Å². The molecular weight excluding hydrogens is 497 g/mol. The molecule has 1 saturated heterocycles. The number of H-pyrrole nitrogens is 1. The Balaban J connectivity index is 0.000000479.